The summed E-state index contributed by atoms with van der Waals surface area (Å²) in [5.74, 6) is -0.0965. The van der Waals surface area contributed by atoms with E-state index in [2.05, 4.69) is 29.5 Å². The number of nitrogens with zero attached hydrogens (tertiary/aromatic N) is 1. The van der Waals surface area contributed by atoms with Gasteiger partial charge in [0.15, 0.2) is 5.13 Å². The molecule has 5 nitrogen and oxygen atoms in total. The van der Waals surface area contributed by atoms with Crippen molar-refractivity contribution in [2.45, 2.75) is 33.2 Å². The third-order valence-electron chi connectivity index (χ3n) is 4.69. The first-order valence-corrected chi connectivity index (χ1v) is 10.5. The smallest absolute Gasteiger partial charge is 0.183 e. The highest BCUT2D eigenvalue weighted by atomic mass is 32.1. The van der Waals surface area contributed by atoms with Gasteiger partial charge >= 0.3 is 0 Å². The molecule has 1 aromatic heterocycles. The molecule has 5 N–H and O–H groups in total. The molecule has 0 saturated heterocycles. The number of nitrogens with two attached hydrogens (primary N) is 1. The molecule has 7 heteroatoms. The van der Waals surface area contributed by atoms with Gasteiger partial charge < -0.3 is 16.4 Å². The molecule has 1 atom stereocenters. The lowest BCUT2D eigenvalue weighted by Gasteiger charge is -2.15. The summed E-state index contributed by atoms with van der Waals surface area (Å²) in [5.41, 5.74) is 8.63. The Hall–Kier alpha value is -2.93. The summed E-state index contributed by atoms with van der Waals surface area (Å²) in [6, 6.07) is 12.4. The van der Waals surface area contributed by atoms with E-state index in [1.807, 2.05) is 25.1 Å². The van der Waals surface area contributed by atoms with Crippen LogP contribution in [0.1, 0.15) is 38.3 Å². The Morgan fingerprint density at radius 1 is 1.24 bits per heavy atom. The van der Waals surface area contributed by atoms with Gasteiger partial charge in [0, 0.05) is 23.7 Å². The molecular formula is C22H26FN5S. The number of hydrogen-bond acceptors (Lipinski definition) is 6. The number of halogens is 1. The van der Waals surface area contributed by atoms with E-state index in [0.717, 1.165) is 27.3 Å². The van der Waals surface area contributed by atoms with Gasteiger partial charge in [-0.05, 0) is 50.1 Å². The Bertz CT molecular complexity index is 1060. The highest BCUT2D eigenvalue weighted by Gasteiger charge is 2.19. The van der Waals surface area contributed by atoms with Crippen LogP contribution in [0.15, 0.2) is 48.3 Å². The average molecular weight is 412 g/mol. The molecule has 0 aliphatic carbocycles. The first kappa shape index (κ1) is 20.8. The van der Waals surface area contributed by atoms with Crippen LogP contribution in [0.2, 0.25) is 0 Å². The molecule has 2 aromatic carbocycles. The fourth-order valence-corrected chi connectivity index (χ4v) is 3.98. The van der Waals surface area contributed by atoms with E-state index in [1.165, 1.54) is 6.07 Å². The standard InChI is InChI=1S/C22H26FN5S/c1-4-13(3)27-22-28-17-11-10-14(12-18(17)29-22)19(21(25)26-5-2)20(24)15-8-6-7-9-16(15)23/h6-13,24,26H,4-5,25H2,1-3H3,(H,27,28)/b21-19-,24-20?/t13-/m1/s1. The molecule has 29 heavy (non-hydrogen) atoms. The maximum absolute atomic E-state index is 14.3. The number of anilines is 1. The largest absolute Gasteiger partial charge is 0.385 e. The second-order valence-corrected chi connectivity index (χ2v) is 7.86. The highest BCUT2D eigenvalue weighted by molar-refractivity contribution is 7.22. The number of nitrogens with one attached hydrogen (secondary N) is 3. The van der Waals surface area contributed by atoms with Gasteiger partial charge in [0.2, 0.25) is 0 Å². The van der Waals surface area contributed by atoms with Crippen molar-refractivity contribution in [3.8, 4) is 0 Å². The predicted octanol–water partition coefficient (Wildman–Crippen LogP) is 4.95. The summed E-state index contributed by atoms with van der Waals surface area (Å²) in [7, 11) is 0. The van der Waals surface area contributed by atoms with Crippen molar-refractivity contribution in [1.29, 1.82) is 5.41 Å². The molecule has 3 rings (SSSR count). The van der Waals surface area contributed by atoms with Gasteiger partial charge in [-0.3, -0.25) is 5.41 Å². The van der Waals surface area contributed by atoms with E-state index in [0.29, 0.717) is 24.0 Å². The summed E-state index contributed by atoms with van der Waals surface area (Å²) in [5, 5.41) is 16.0. The molecule has 0 saturated carbocycles. The fourth-order valence-electron chi connectivity index (χ4n) is 2.97. The summed E-state index contributed by atoms with van der Waals surface area (Å²) in [4.78, 5) is 4.63. The zero-order valence-corrected chi connectivity index (χ0v) is 17.7. The SMILES string of the molecule is CCN/C(N)=C(\C(=N)c1ccccc1F)c1ccc2nc(N[C@H](C)CC)sc2c1. The molecule has 0 radical (unpaired) electrons. The molecule has 3 aromatic rings. The zero-order valence-electron chi connectivity index (χ0n) is 16.8. The molecule has 0 bridgehead atoms. The topological polar surface area (TPSA) is 86.8 Å². The number of thiazole rings is 1. The van der Waals surface area contributed by atoms with Crippen LogP contribution in [0.5, 0.6) is 0 Å². The Labute approximate surface area is 174 Å². The first-order valence-electron chi connectivity index (χ1n) is 9.69. The van der Waals surface area contributed by atoms with E-state index < -0.39 is 5.82 Å². The van der Waals surface area contributed by atoms with Crippen LogP contribution in [0.25, 0.3) is 15.8 Å². The number of fused-ring (bicyclic) bond motifs is 1. The fraction of sp³-hybridized carbons (Fsp3) is 0.273. The van der Waals surface area contributed by atoms with E-state index >= 15 is 0 Å². The normalized spacial score (nSPS) is 13.1. The Morgan fingerprint density at radius 2 is 2.00 bits per heavy atom. The van der Waals surface area contributed by atoms with E-state index in [1.54, 1.807) is 29.5 Å². The molecule has 0 aliphatic rings. The van der Waals surface area contributed by atoms with Crippen LogP contribution in [0, 0.1) is 11.2 Å². The van der Waals surface area contributed by atoms with E-state index in [4.69, 9.17) is 11.1 Å². The highest BCUT2D eigenvalue weighted by Crippen LogP contribution is 2.31. The van der Waals surface area contributed by atoms with Crippen LogP contribution >= 0.6 is 11.3 Å². The summed E-state index contributed by atoms with van der Waals surface area (Å²) in [6.45, 7) is 6.77. The van der Waals surface area contributed by atoms with Crippen molar-refractivity contribution in [3.05, 3.63) is 65.2 Å². The lowest BCUT2D eigenvalue weighted by atomic mass is 9.95. The average Bonchev–Trinajstić information content (AvgIpc) is 3.10. The Balaban J connectivity index is 2.06. The molecule has 152 valence electrons. The van der Waals surface area contributed by atoms with E-state index in [-0.39, 0.29) is 11.3 Å². The molecular weight excluding hydrogens is 385 g/mol. The van der Waals surface area contributed by atoms with Crippen molar-refractivity contribution in [3.63, 3.8) is 0 Å². The minimum atomic E-state index is -0.446. The van der Waals surface area contributed by atoms with Gasteiger partial charge in [0.1, 0.15) is 11.6 Å². The Morgan fingerprint density at radius 3 is 2.69 bits per heavy atom. The predicted molar refractivity (Wildman–Crippen MR) is 121 cm³/mol. The van der Waals surface area contributed by atoms with Crippen molar-refractivity contribution in [2.24, 2.45) is 5.73 Å². The monoisotopic (exact) mass is 411 g/mol. The molecule has 0 aliphatic heterocycles. The van der Waals surface area contributed by atoms with Crippen LogP contribution in [-0.2, 0) is 0 Å². The van der Waals surface area contributed by atoms with Gasteiger partial charge in [-0.15, -0.1) is 0 Å². The van der Waals surface area contributed by atoms with Crippen molar-refractivity contribution >= 4 is 38.0 Å². The van der Waals surface area contributed by atoms with Gasteiger partial charge in [0.25, 0.3) is 0 Å². The molecule has 0 spiro atoms. The second-order valence-electron chi connectivity index (χ2n) is 6.83. The lowest BCUT2D eigenvalue weighted by molar-refractivity contribution is 0.625. The number of allylic oxidation sites excluding steroid dienone is 1. The second kappa shape index (κ2) is 9.05. The van der Waals surface area contributed by atoms with Gasteiger partial charge in [-0.25, -0.2) is 9.37 Å². The number of benzene rings is 2. The van der Waals surface area contributed by atoms with Gasteiger partial charge in [-0.1, -0.05) is 36.5 Å². The maximum Gasteiger partial charge on any atom is 0.183 e. The summed E-state index contributed by atoms with van der Waals surface area (Å²) >= 11 is 1.56. The van der Waals surface area contributed by atoms with Crippen LogP contribution in [0.3, 0.4) is 0 Å². The molecule has 0 fully saturated rings. The minimum Gasteiger partial charge on any atom is -0.385 e. The minimum absolute atomic E-state index is 0.0448. The van der Waals surface area contributed by atoms with Crippen LogP contribution in [0.4, 0.5) is 9.52 Å². The third kappa shape index (κ3) is 4.56. The van der Waals surface area contributed by atoms with Crippen LogP contribution < -0.4 is 16.4 Å². The van der Waals surface area contributed by atoms with Gasteiger partial charge in [0.05, 0.1) is 15.9 Å². The summed E-state index contributed by atoms with van der Waals surface area (Å²) in [6.07, 6.45) is 1.01. The number of rotatable bonds is 8. The molecule has 0 unspecified atom stereocenters. The first-order chi connectivity index (χ1) is 13.9. The van der Waals surface area contributed by atoms with Gasteiger partial charge in [-0.2, -0.15) is 0 Å². The lowest BCUT2D eigenvalue weighted by Crippen LogP contribution is -2.24. The van der Waals surface area contributed by atoms with Crippen molar-refractivity contribution < 1.29 is 4.39 Å². The Kier molecular flexibility index (Phi) is 6.49. The van der Waals surface area contributed by atoms with Crippen LogP contribution in [-0.4, -0.2) is 23.3 Å². The third-order valence-corrected chi connectivity index (χ3v) is 5.64. The molecule has 1 heterocycles. The van der Waals surface area contributed by atoms with Crippen molar-refractivity contribution in [2.75, 3.05) is 11.9 Å². The number of aromatic nitrogens is 1. The zero-order chi connectivity index (χ0) is 21.0. The number of hydrogen-bond donors (Lipinski definition) is 4. The van der Waals surface area contributed by atoms with E-state index in [9.17, 15) is 4.39 Å². The quantitative estimate of drug-likeness (QED) is 0.395. The summed E-state index contributed by atoms with van der Waals surface area (Å²) < 4.78 is 15.3. The van der Waals surface area contributed by atoms with Crippen molar-refractivity contribution in [1.82, 2.24) is 10.3 Å². The maximum atomic E-state index is 14.3. The molecule has 0 amide bonds.